The Morgan fingerprint density at radius 2 is 2.31 bits per heavy atom. The molecule has 1 aliphatic heterocycles. The highest BCUT2D eigenvalue weighted by Crippen LogP contribution is 2.23. The zero-order valence-corrected chi connectivity index (χ0v) is 8.30. The molecule has 2 rings (SSSR count). The number of aliphatic hydroxyl groups is 1. The Morgan fingerprint density at radius 1 is 1.46 bits per heavy atom. The Morgan fingerprint density at radius 3 is 3.08 bits per heavy atom. The van der Waals surface area contributed by atoms with E-state index in [4.69, 9.17) is 5.11 Å². The molecule has 0 atom stereocenters. The fourth-order valence-electron chi connectivity index (χ4n) is 1.78. The molecular weight excluding hydrogens is 182 g/mol. The standard InChI is InChI=1S/C10H13NOS/c12-7-9-3-1-2-8-4-5-11(13)6-10(8)9/h1-3,12-13H,4-7H2. The molecule has 13 heavy (non-hydrogen) atoms. The fraction of sp³-hybridized carbons (Fsp3) is 0.400. The van der Waals surface area contributed by atoms with Gasteiger partial charge in [0.1, 0.15) is 0 Å². The van der Waals surface area contributed by atoms with Gasteiger partial charge in [0, 0.05) is 13.1 Å². The number of hydrogen-bond acceptors (Lipinski definition) is 3. The van der Waals surface area contributed by atoms with E-state index in [0.717, 1.165) is 25.1 Å². The van der Waals surface area contributed by atoms with Gasteiger partial charge in [-0.15, -0.1) is 0 Å². The Balaban J connectivity index is 2.41. The van der Waals surface area contributed by atoms with Crippen LogP contribution < -0.4 is 0 Å². The van der Waals surface area contributed by atoms with Crippen molar-refractivity contribution < 1.29 is 5.11 Å². The monoisotopic (exact) mass is 195 g/mol. The van der Waals surface area contributed by atoms with Crippen LogP contribution in [-0.4, -0.2) is 16.0 Å². The van der Waals surface area contributed by atoms with Crippen molar-refractivity contribution in [1.82, 2.24) is 4.31 Å². The van der Waals surface area contributed by atoms with Crippen molar-refractivity contribution in [2.75, 3.05) is 6.54 Å². The summed E-state index contributed by atoms with van der Waals surface area (Å²) in [5, 5.41) is 9.14. The first kappa shape index (κ1) is 9.06. The topological polar surface area (TPSA) is 23.5 Å². The van der Waals surface area contributed by atoms with Crippen LogP contribution in [0.25, 0.3) is 0 Å². The van der Waals surface area contributed by atoms with Gasteiger partial charge in [-0.05, 0) is 23.1 Å². The molecule has 0 aliphatic carbocycles. The summed E-state index contributed by atoms with van der Waals surface area (Å²) < 4.78 is 1.99. The van der Waals surface area contributed by atoms with Crippen molar-refractivity contribution in [3.63, 3.8) is 0 Å². The highest BCUT2D eigenvalue weighted by atomic mass is 32.1. The van der Waals surface area contributed by atoms with E-state index < -0.39 is 0 Å². The third-order valence-corrected chi connectivity index (χ3v) is 2.86. The van der Waals surface area contributed by atoms with Crippen molar-refractivity contribution in [2.24, 2.45) is 0 Å². The molecule has 1 aromatic rings. The van der Waals surface area contributed by atoms with Crippen LogP contribution in [0, 0.1) is 0 Å². The number of aliphatic hydroxyl groups excluding tert-OH is 1. The van der Waals surface area contributed by atoms with Gasteiger partial charge in [0.2, 0.25) is 0 Å². The number of nitrogens with zero attached hydrogens (tertiary/aromatic N) is 1. The highest BCUT2D eigenvalue weighted by molar-refractivity contribution is 7.77. The number of thiol groups is 1. The summed E-state index contributed by atoms with van der Waals surface area (Å²) >= 11 is 4.32. The van der Waals surface area contributed by atoms with Gasteiger partial charge < -0.3 is 5.11 Å². The van der Waals surface area contributed by atoms with Gasteiger partial charge in [0.05, 0.1) is 6.61 Å². The maximum Gasteiger partial charge on any atom is 0.0685 e. The summed E-state index contributed by atoms with van der Waals surface area (Å²) in [5.41, 5.74) is 3.65. The van der Waals surface area contributed by atoms with Crippen LogP contribution in [0.5, 0.6) is 0 Å². The molecule has 1 N–H and O–H groups in total. The molecule has 1 heterocycles. The summed E-state index contributed by atoms with van der Waals surface area (Å²) in [4.78, 5) is 0. The molecule has 0 amide bonds. The third-order valence-electron chi connectivity index (χ3n) is 2.52. The summed E-state index contributed by atoms with van der Waals surface area (Å²) in [5.74, 6) is 0. The summed E-state index contributed by atoms with van der Waals surface area (Å²) in [6.07, 6.45) is 1.03. The van der Waals surface area contributed by atoms with Gasteiger partial charge in [-0.3, -0.25) is 0 Å². The van der Waals surface area contributed by atoms with Crippen molar-refractivity contribution >= 4 is 12.8 Å². The van der Waals surface area contributed by atoms with Gasteiger partial charge in [0.15, 0.2) is 0 Å². The molecule has 0 radical (unpaired) electrons. The predicted octanol–water partition coefficient (Wildman–Crippen LogP) is 1.38. The molecule has 0 fully saturated rings. The number of benzene rings is 1. The van der Waals surface area contributed by atoms with E-state index in [0.29, 0.717) is 0 Å². The normalized spacial score (nSPS) is 17.1. The lowest BCUT2D eigenvalue weighted by atomic mass is 9.96. The second-order valence-corrected chi connectivity index (χ2v) is 3.92. The molecule has 0 unspecified atom stereocenters. The van der Waals surface area contributed by atoms with Crippen LogP contribution in [0.3, 0.4) is 0 Å². The molecule has 0 bridgehead atoms. The average Bonchev–Trinajstić information content (AvgIpc) is 2.17. The van der Waals surface area contributed by atoms with E-state index in [9.17, 15) is 0 Å². The fourth-order valence-corrected chi connectivity index (χ4v) is 2.03. The minimum atomic E-state index is 0.130. The quantitative estimate of drug-likeness (QED) is 0.661. The minimum Gasteiger partial charge on any atom is -0.392 e. The van der Waals surface area contributed by atoms with Crippen molar-refractivity contribution in [3.8, 4) is 0 Å². The van der Waals surface area contributed by atoms with Crippen LogP contribution >= 0.6 is 12.8 Å². The van der Waals surface area contributed by atoms with Crippen LogP contribution in [0.2, 0.25) is 0 Å². The SMILES string of the molecule is OCc1cccc2c1CN(S)CC2. The maximum atomic E-state index is 9.14. The second kappa shape index (κ2) is 3.70. The largest absolute Gasteiger partial charge is 0.392 e. The average molecular weight is 195 g/mol. The molecule has 0 saturated heterocycles. The summed E-state index contributed by atoms with van der Waals surface area (Å²) in [6.45, 7) is 1.96. The third kappa shape index (κ3) is 1.73. The van der Waals surface area contributed by atoms with Gasteiger partial charge in [-0.1, -0.05) is 31.0 Å². The molecule has 2 nitrogen and oxygen atoms in total. The molecule has 0 saturated carbocycles. The van der Waals surface area contributed by atoms with Gasteiger partial charge in [-0.2, -0.15) is 0 Å². The molecular formula is C10H13NOS. The van der Waals surface area contributed by atoms with E-state index >= 15 is 0 Å². The lowest BCUT2D eigenvalue weighted by Gasteiger charge is -2.25. The van der Waals surface area contributed by atoms with Gasteiger partial charge in [-0.25, -0.2) is 4.31 Å². The van der Waals surface area contributed by atoms with Gasteiger partial charge in [0.25, 0.3) is 0 Å². The van der Waals surface area contributed by atoms with Crippen LogP contribution in [-0.2, 0) is 19.6 Å². The first-order valence-corrected chi connectivity index (χ1v) is 4.85. The van der Waals surface area contributed by atoms with E-state index in [-0.39, 0.29) is 6.61 Å². The van der Waals surface area contributed by atoms with Crippen LogP contribution in [0.1, 0.15) is 16.7 Å². The number of fused-ring (bicyclic) bond motifs is 1. The molecule has 0 aromatic heterocycles. The van der Waals surface area contributed by atoms with E-state index in [1.54, 1.807) is 0 Å². The zero-order valence-electron chi connectivity index (χ0n) is 7.40. The van der Waals surface area contributed by atoms with Gasteiger partial charge >= 0.3 is 0 Å². The number of rotatable bonds is 1. The smallest absolute Gasteiger partial charge is 0.0685 e. The lowest BCUT2D eigenvalue weighted by molar-refractivity contribution is 0.278. The first-order chi connectivity index (χ1) is 6.31. The highest BCUT2D eigenvalue weighted by Gasteiger charge is 2.15. The summed E-state index contributed by atoms with van der Waals surface area (Å²) in [7, 11) is 0. The van der Waals surface area contributed by atoms with Crippen molar-refractivity contribution in [2.45, 2.75) is 19.6 Å². The Bertz CT molecular complexity index is 300. The van der Waals surface area contributed by atoms with Crippen molar-refractivity contribution in [3.05, 3.63) is 34.9 Å². The molecule has 1 aromatic carbocycles. The zero-order chi connectivity index (χ0) is 9.26. The van der Waals surface area contributed by atoms with Crippen LogP contribution in [0.4, 0.5) is 0 Å². The van der Waals surface area contributed by atoms with Crippen LogP contribution in [0.15, 0.2) is 18.2 Å². The number of hydrogen-bond donors (Lipinski definition) is 2. The lowest BCUT2D eigenvalue weighted by Crippen LogP contribution is -2.23. The second-order valence-electron chi connectivity index (χ2n) is 3.35. The van der Waals surface area contributed by atoms with Crippen molar-refractivity contribution in [1.29, 1.82) is 0 Å². The molecule has 70 valence electrons. The van der Waals surface area contributed by atoms with E-state index in [1.165, 1.54) is 11.1 Å². The Hall–Kier alpha value is -0.510. The predicted molar refractivity (Wildman–Crippen MR) is 55.5 cm³/mol. The maximum absolute atomic E-state index is 9.14. The molecule has 1 aliphatic rings. The Kier molecular flexibility index (Phi) is 2.58. The molecule has 0 spiro atoms. The minimum absolute atomic E-state index is 0.130. The Labute approximate surface area is 83.7 Å². The first-order valence-electron chi connectivity index (χ1n) is 4.45. The molecule has 3 heteroatoms. The van der Waals surface area contributed by atoms with E-state index in [1.807, 2.05) is 16.4 Å². The van der Waals surface area contributed by atoms with E-state index in [2.05, 4.69) is 18.9 Å². The summed E-state index contributed by atoms with van der Waals surface area (Å²) in [6, 6.07) is 6.12.